The van der Waals surface area contributed by atoms with Gasteiger partial charge in [0.1, 0.15) is 5.60 Å². The van der Waals surface area contributed by atoms with Crippen LogP contribution in [-0.4, -0.2) is 5.97 Å². The molecule has 0 spiro atoms. The van der Waals surface area contributed by atoms with Crippen molar-refractivity contribution >= 4 is 16.7 Å². The van der Waals surface area contributed by atoms with E-state index in [2.05, 4.69) is 30.3 Å². The second-order valence-electron chi connectivity index (χ2n) is 5.36. The zero-order chi connectivity index (χ0) is 13.3. The molecule has 2 aromatic rings. The molecule has 0 atom stereocenters. The lowest BCUT2D eigenvalue weighted by molar-refractivity contribution is -0.157. The van der Waals surface area contributed by atoms with E-state index in [9.17, 15) is 4.79 Å². The SMILES string of the molecule is CC(=O)OC1(c2ccc3ccccc3c2)CCCC1. The Morgan fingerprint density at radius 1 is 1.05 bits per heavy atom. The van der Waals surface area contributed by atoms with Gasteiger partial charge in [0.2, 0.25) is 0 Å². The lowest BCUT2D eigenvalue weighted by atomic mass is 9.90. The fourth-order valence-electron chi connectivity index (χ4n) is 3.14. The van der Waals surface area contributed by atoms with Gasteiger partial charge in [0.05, 0.1) is 0 Å². The molecule has 3 rings (SSSR count). The van der Waals surface area contributed by atoms with Gasteiger partial charge in [-0.3, -0.25) is 4.79 Å². The van der Waals surface area contributed by atoms with Crippen molar-refractivity contribution in [3.63, 3.8) is 0 Å². The van der Waals surface area contributed by atoms with Crippen LogP contribution in [0.4, 0.5) is 0 Å². The third kappa shape index (κ3) is 2.23. The molecule has 0 aromatic heterocycles. The van der Waals surface area contributed by atoms with E-state index in [1.54, 1.807) is 0 Å². The first-order chi connectivity index (χ1) is 9.20. The fourth-order valence-corrected chi connectivity index (χ4v) is 3.14. The molecule has 1 aliphatic rings. The van der Waals surface area contributed by atoms with E-state index in [-0.39, 0.29) is 5.97 Å². The maximum atomic E-state index is 11.4. The molecule has 0 aliphatic heterocycles. The van der Waals surface area contributed by atoms with Crippen LogP contribution in [0.15, 0.2) is 42.5 Å². The molecule has 1 fully saturated rings. The van der Waals surface area contributed by atoms with Crippen molar-refractivity contribution in [2.75, 3.05) is 0 Å². The number of ether oxygens (including phenoxy) is 1. The summed E-state index contributed by atoms with van der Waals surface area (Å²) in [6.45, 7) is 1.50. The van der Waals surface area contributed by atoms with Gasteiger partial charge in [0.15, 0.2) is 0 Å². The standard InChI is InChI=1S/C17H18O2/c1-13(18)19-17(10-4-5-11-17)16-9-8-14-6-2-3-7-15(14)12-16/h2-3,6-9,12H,4-5,10-11H2,1H3. The first kappa shape index (κ1) is 12.2. The minimum absolute atomic E-state index is 0.185. The van der Waals surface area contributed by atoms with Crippen molar-refractivity contribution in [2.24, 2.45) is 0 Å². The Morgan fingerprint density at radius 2 is 1.74 bits per heavy atom. The molecule has 2 aromatic carbocycles. The quantitative estimate of drug-likeness (QED) is 0.752. The van der Waals surface area contributed by atoms with Gasteiger partial charge >= 0.3 is 5.97 Å². The number of esters is 1. The van der Waals surface area contributed by atoms with Crippen LogP contribution in [-0.2, 0) is 15.1 Å². The number of carbonyl (C=O) groups is 1. The van der Waals surface area contributed by atoms with Gasteiger partial charge in [-0.25, -0.2) is 0 Å². The molecule has 98 valence electrons. The molecule has 0 radical (unpaired) electrons. The molecule has 0 heterocycles. The zero-order valence-corrected chi connectivity index (χ0v) is 11.2. The first-order valence-corrected chi connectivity index (χ1v) is 6.88. The maximum absolute atomic E-state index is 11.4. The highest BCUT2D eigenvalue weighted by Gasteiger charge is 2.38. The van der Waals surface area contributed by atoms with E-state index in [0.717, 1.165) is 31.2 Å². The summed E-state index contributed by atoms with van der Waals surface area (Å²) >= 11 is 0. The van der Waals surface area contributed by atoms with Crippen molar-refractivity contribution in [1.82, 2.24) is 0 Å². The molecule has 1 saturated carbocycles. The largest absolute Gasteiger partial charge is 0.454 e. The smallest absolute Gasteiger partial charge is 0.303 e. The van der Waals surface area contributed by atoms with Gasteiger partial charge < -0.3 is 4.74 Å². The fraction of sp³-hybridized carbons (Fsp3) is 0.353. The summed E-state index contributed by atoms with van der Waals surface area (Å²) in [5.41, 5.74) is 0.745. The van der Waals surface area contributed by atoms with Gasteiger partial charge in [-0.2, -0.15) is 0 Å². The third-order valence-corrected chi connectivity index (χ3v) is 4.03. The Labute approximate surface area is 113 Å². The highest BCUT2D eigenvalue weighted by atomic mass is 16.6. The third-order valence-electron chi connectivity index (χ3n) is 4.03. The van der Waals surface area contributed by atoms with Gasteiger partial charge in [-0.15, -0.1) is 0 Å². The second kappa shape index (κ2) is 4.69. The Hall–Kier alpha value is -1.83. The monoisotopic (exact) mass is 254 g/mol. The molecule has 19 heavy (non-hydrogen) atoms. The van der Waals surface area contributed by atoms with Crippen molar-refractivity contribution in [3.8, 4) is 0 Å². The lowest BCUT2D eigenvalue weighted by Crippen LogP contribution is -2.28. The highest BCUT2D eigenvalue weighted by Crippen LogP contribution is 2.43. The van der Waals surface area contributed by atoms with E-state index in [1.807, 2.05) is 12.1 Å². The lowest BCUT2D eigenvalue weighted by Gasteiger charge is -2.29. The molecule has 0 unspecified atom stereocenters. The molecule has 2 heteroatoms. The molecule has 2 nitrogen and oxygen atoms in total. The summed E-state index contributed by atoms with van der Waals surface area (Å²) in [4.78, 5) is 11.4. The zero-order valence-electron chi connectivity index (χ0n) is 11.2. The second-order valence-corrected chi connectivity index (χ2v) is 5.36. The Bertz CT molecular complexity index is 609. The van der Waals surface area contributed by atoms with Crippen molar-refractivity contribution < 1.29 is 9.53 Å². The Balaban J connectivity index is 2.07. The van der Waals surface area contributed by atoms with E-state index in [4.69, 9.17) is 4.74 Å². The van der Waals surface area contributed by atoms with Crippen LogP contribution in [0.3, 0.4) is 0 Å². The van der Waals surface area contributed by atoms with Crippen LogP contribution in [0, 0.1) is 0 Å². The Kier molecular flexibility index (Phi) is 3.02. The van der Waals surface area contributed by atoms with E-state index >= 15 is 0 Å². The predicted octanol–water partition coefficient (Wildman–Crippen LogP) is 4.17. The summed E-state index contributed by atoms with van der Waals surface area (Å²) in [6, 6.07) is 14.7. The van der Waals surface area contributed by atoms with Crippen molar-refractivity contribution in [3.05, 3.63) is 48.0 Å². The van der Waals surface area contributed by atoms with E-state index in [0.29, 0.717) is 0 Å². The molecule has 0 saturated heterocycles. The predicted molar refractivity (Wildman–Crippen MR) is 75.9 cm³/mol. The number of rotatable bonds is 2. The van der Waals surface area contributed by atoms with E-state index in [1.165, 1.54) is 17.7 Å². The summed E-state index contributed by atoms with van der Waals surface area (Å²) in [5, 5.41) is 2.43. The van der Waals surface area contributed by atoms with Gasteiger partial charge in [0, 0.05) is 6.92 Å². The minimum atomic E-state index is -0.393. The average molecular weight is 254 g/mol. The van der Waals surface area contributed by atoms with Crippen molar-refractivity contribution in [1.29, 1.82) is 0 Å². The maximum Gasteiger partial charge on any atom is 0.303 e. The Morgan fingerprint density at radius 3 is 2.42 bits per heavy atom. The number of carbonyl (C=O) groups excluding carboxylic acids is 1. The number of hydrogen-bond donors (Lipinski definition) is 0. The molecule has 0 bridgehead atoms. The average Bonchev–Trinajstić information content (AvgIpc) is 2.87. The molecule has 1 aliphatic carbocycles. The van der Waals surface area contributed by atoms with Crippen molar-refractivity contribution in [2.45, 2.75) is 38.2 Å². The summed E-state index contributed by atoms with van der Waals surface area (Å²) < 4.78 is 5.69. The molecular weight excluding hydrogens is 236 g/mol. The summed E-state index contributed by atoms with van der Waals surface area (Å²) in [6.07, 6.45) is 4.12. The van der Waals surface area contributed by atoms with Gasteiger partial charge in [-0.1, -0.05) is 36.4 Å². The summed E-state index contributed by atoms with van der Waals surface area (Å²) in [5.74, 6) is -0.185. The van der Waals surface area contributed by atoms with Crippen LogP contribution >= 0.6 is 0 Å². The van der Waals surface area contributed by atoms with Crippen LogP contribution in [0.2, 0.25) is 0 Å². The van der Waals surface area contributed by atoms with Gasteiger partial charge in [-0.05, 0) is 48.1 Å². The highest BCUT2D eigenvalue weighted by molar-refractivity contribution is 5.83. The minimum Gasteiger partial charge on any atom is -0.454 e. The summed E-state index contributed by atoms with van der Waals surface area (Å²) in [7, 11) is 0. The normalized spacial score (nSPS) is 17.5. The van der Waals surface area contributed by atoms with Crippen LogP contribution in [0.25, 0.3) is 10.8 Å². The van der Waals surface area contributed by atoms with Crippen LogP contribution in [0.1, 0.15) is 38.2 Å². The molecule has 0 amide bonds. The number of fused-ring (bicyclic) bond motifs is 1. The first-order valence-electron chi connectivity index (χ1n) is 6.88. The number of benzene rings is 2. The van der Waals surface area contributed by atoms with Crippen LogP contribution in [0.5, 0.6) is 0 Å². The topological polar surface area (TPSA) is 26.3 Å². The molecule has 0 N–H and O–H groups in total. The number of hydrogen-bond acceptors (Lipinski definition) is 2. The van der Waals surface area contributed by atoms with Crippen LogP contribution < -0.4 is 0 Å². The van der Waals surface area contributed by atoms with E-state index < -0.39 is 5.60 Å². The molecular formula is C17H18O2. The van der Waals surface area contributed by atoms with Gasteiger partial charge in [0.25, 0.3) is 0 Å².